The molecule has 0 bridgehead atoms. The van der Waals surface area contributed by atoms with Gasteiger partial charge in [-0.3, -0.25) is 0 Å². The Labute approximate surface area is 349 Å². The van der Waals surface area contributed by atoms with Gasteiger partial charge in [0.1, 0.15) is 11.5 Å². The van der Waals surface area contributed by atoms with Gasteiger partial charge in [-0.05, 0) is 120 Å². The van der Waals surface area contributed by atoms with Crippen LogP contribution in [0.1, 0.15) is 102 Å². The molecule has 0 unspecified atom stereocenters. The molecule has 0 aliphatic carbocycles. The quantitative estimate of drug-likeness (QED) is 0.0638. The van der Waals surface area contributed by atoms with Gasteiger partial charge in [0.05, 0.1) is 24.2 Å². The summed E-state index contributed by atoms with van der Waals surface area (Å²) in [6.45, 7) is 3.79. The normalized spacial score (nSPS) is 11.6. The summed E-state index contributed by atoms with van der Waals surface area (Å²) in [5.74, 6) is 1.86. The van der Waals surface area contributed by atoms with Crippen molar-refractivity contribution in [2.45, 2.75) is 103 Å². The average molecular weight is 799 g/mol. The monoisotopic (exact) mass is 797 g/mol. The summed E-state index contributed by atoms with van der Waals surface area (Å²) >= 11 is 12.8. The zero-order valence-electron chi connectivity index (χ0n) is 33.6. The number of hydrogen-bond acceptors (Lipinski definition) is 2. The highest BCUT2D eigenvalue weighted by molar-refractivity contribution is 6.32. The van der Waals surface area contributed by atoms with Crippen molar-refractivity contribution in [1.29, 1.82) is 0 Å². The Balaban J connectivity index is 0.751. The molecule has 7 aromatic rings. The highest BCUT2D eigenvalue weighted by Crippen LogP contribution is 2.35. The summed E-state index contributed by atoms with van der Waals surface area (Å²) in [5.41, 5.74) is 7.18. The van der Waals surface area contributed by atoms with Gasteiger partial charge in [-0.15, -0.1) is 0 Å². The average Bonchev–Trinajstić information content (AvgIpc) is 3.54. The Morgan fingerprint density at radius 3 is 1.58 bits per heavy atom. The molecular weight excluding hydrogens is 741 g/mol. The first-order valence-electron chi connectivity index (χ1n) is 21.4. The van der Waals surface area contributed by atoms with Crippen molar-refractivity contribution in [3.8, 4) is 28.3 Å². The minimum atomic E-state index is 0.713. The Hall–Kier alpha value is -4.44. The molecule has 5 heteroatoms. The summed E-state index contributed by atoms with van der Waals surface area (Å²) in [6, 6.07) is 42.8. The number of aryl methyl sites for hydroxylation is 1. The molecule has 0 atom stereocenters. The van der Waals surface area contributed by atoms with E-state index >= 15 is 0 Å². The number of rotatable bonds is 22. The minimum absolute atomic E-state index is 0.713. The Morgan fingerprint density at radius 2 is 0.947 bits per heavy atom. The highest BCUT2D eigenvalue weighted by Gasteiger charge is 2.13. The van der Waals surface area contributed by atoms with Crippen LogP contribution in [0.2, 0.25) is 10.0 Å². The van der Waals surface area contributed by atoms with Gasteiger partial charge in [-0.25, -0.2) is 0 Å². The lowest BCUT2D eigenvalue weighted by atomic mass is 9.98. The molecule has 0 saturated heterocycles. The van der Waals surface area contributed by atoms with Crippen LogP contribution in [0.25, 0.3) is 49.4 Å². The fourth-order valence-corrected chi connectivity index (χ4v) is 8.38. The van der Waals surface area contributed by atoms with Gasteiger partial charge in [-0.2, -0.15) is 0 Å². The number of fused-ring (bicyclic) bond motifs is 4. The first-order valence-corrected chi connectivity index (χ1v) is 22.2. The standard InChI is InChI=1S/C52H57Cl2NO2/c1-2-3-4-5-10-13-16-39-17-19-40(20-18-39)41-21-22-43-36-48(28-23-42(43)35-41)57-34-15-12-9-7-6-8-11-14-33-56-47-29-26-46(27-30-47)55-51-37-44(53)24-31-49(51)50-32-25-45(54)38-52(50)55/h17-32,35-38H,2-16,33-34H2,1H3. The van der Waals surface area contributed by atoms with Crippen molar-refractivity contribution in [3.63, 3.8) is 0 Å². The number of halogens is 2. The minimum Gasteiger partial charge on any atom is -0.494 e. The van der Waals surface area contributed by atoms with Crippen LogP contribution < -0.4 is 9.47 Å². The molecule has 0 aliphatic rings. The SMILES string of the molecule is CCCCCCCCc1ccc(-c2ccc3cc(OCCCCCCCCCCOc4ccc(-n5c6cc(Cl)ccc6c6ccc(Cl)cc65)cc4)ccc3c2)cc1. The second kappa shape index (κ2) is 20.8. The number of benzene rings is 6. The summed E-state index contributed by atoms with van der Waals surface area (Å²) in [7, 11) is 0. The van der Waals surface area contributed by atoms with Gasteiger partial charge in [0.2, 0.25) is 0 Å². The number of unbranched alkanes of at least 4 members (excludes halogenated alkanes) is 12. The van der Waals surface area contributed by atoms with E-state index in [-0.39, 0.29) is 0 Å². The topological polar surface area (TPSA) is 23.4 Å². The molecule has 0 N–H and O–H groups in total. The van der Waals surface area contributed by atoms with Crippen LogP contribution in [-0.4, -0.2) is 17.8 Å². The van der Waals surface area contributed by atoms with Gasteiger partial charge in [0.25, 0.3) is 0 Å². The van der Waals surface area contributed by atoms with Crippen molar-refractivity contribution < 1.29 is 9.47 Å². The van der Waals surface area contributed by atoms with Gasteiger partial charge in [-0.1, -0.05) is 155 Å². The largest absolute Gasteiger partial charge is 0.494 e. The molecule has 1 aromatic heterocycles. The van der Waals surface area contributed by atoms with Gasteiger partial charge in [0, 0.05) is 26.5 Å². The zero-order valence-corrected chi connectivity index (χ0v) is 35.1. The van der Waals surface area contributed by atoms with Gasteiger partial charge in [0.15, 0.2) is 0 Å². The lowest BCUT2D eigenvalue weighted by molar-refractivity contribution is 0.301. The van der Waals surface area contributed by atoms with Gasteiger partial charge >= 0.3 is 0 Å². The molecule has 3 nitrogen and oxygen atoms in total. The fourth-order valence-electron chi connectivity index (χ4n) is 8.05. The molecule has 0 fully saturated rings. The first kappa shape index (κ1) is 40.7. The first-order chi connectivity index (χ1) is 28.1. The number of nitrogens with zero attached hydrogens (tertiary/aromatic N) is 1. The Kier molecular flexibility index (Phi) is 14.9. The van der Waals surface area contributed by atoms with E-state index in [9.17, 15) is 0 Å². The maximum absolute atomic E-state index is 6.40. The molecule has 0 amide bonds. The number of hydrogen-bond donors (Lipinski definition) is 0. The van der Waals surface area contributed by atoms with E-state index in [0.29, 0.717) is 10.0 Å². The third-order valence-electron chi connectivity index (χ3n) is 11.3. The number of aromatic nitrogens is 1. The van der Waals surface area contributed by atoms with Crippen molar-refractivity contribution in [1.82, 2.24) is 4.57 Å². The predicted octanol–water partition coefficient (Wildman–Crippen LogP) is 16.4. The molecule has 0 aliphatic heterocycles. The predicted molar refractivity (Wildman–Crippen MR) is 245 cm³/mol. The van der Waals surface area contributed by atoms with E-state index in [4.69, 9.17) is 32.7 Å². The van der Waals surface area contributed by atoms with Crippen LogP contribution in [0.15, 0.2) is 121 Å². The van der Waals surface area contributed by atoms with Gasteiger partial charge < -0.3 is 14.0 Å². The van der Waals surface area contributed by atoms with Crippen LogP contribution in [0, 0.1) is 0 Å². The number of ether oxygens (including phenoxy) is 2. The Bertz CT molecular complexity index is 2270. The summed E-state index contributed by atoms with van der Waals surface area (Å²) in [4.78, 5) is 0. The molecule has 0 spiro atoms. The van der Waals surface area contributed by atoms with Crippen LogP contribution in [-0.2, 0) is 6.42 Å². The summed E-state index contributed by atoms with van der Waals surface area (Å²) in [6.07, 6.45) is 18.9. The summed E-state index contributed by atoms with van der Waals surface area (Å²) in [5, 5.41) is 6.22. The van der Waals surface area contributed by atoms with Crippen molar-refractivity contribution in [2.24, 2.45) is 0 Å². The second-order valence-corrected chi connectivity index (χ2v) is 16.5. The maximum Gasteiger partial charge on any atom is 0.119 e. The molecular formula is C52H57Cl2NO2. The fraction of sp³-hybridized carbons (Fsp3) is 0.346. The molecule has 57 heavy (non-hydrogen) atoms. The smallest absolute Gasteiger partial charge is 0.119 e. The highest BCUT2D eigenvalue weighted by atomic mass is 35.5. The van der Waals surface area contributed by atoms with Crippen LogP contribution in [0.5, 0.6) is 11.5 Å². The lowest BCUT2D eigenvalue weighted by Crippen LogP contribution is -1.99. The molecule has 0 radical (unpaired) electrons. The van der Waals surface area contributed by atoms with Crippen LogP contribution >= 0.6 is 23.2 Å². The molecule has 6 aromatic carbocycles. The van der Waals surface area contributed by atoms with E-state index in [2.05, 4.69) is 109 Å². The van der Waals surface area contributed by atoms with Crippen LogP contribution in [0.3, 0.4) is 0 Å². The lowest BCUT2D eigenvalue weighted by Gasteiger charge is -2.11. The van der Waals surface area contributed by atoms with Crippen molar-refractivity contribution in [2.75, 3.05) is 13.2 Å². The van der Waals surface area contributed by atoms with E-state index in [0.717, 1.165) is 65.0 Å². The molecule has 296 valence electrons. The van der Waals surface area contributed by atoms with Crippen molar-refractivity contribution in [3.05, 3.63) is 137 Å². The molecule has 1 heterocycles. The van der Waals surface area contributed by atoms with E-state index in [1.165, 1.54) is 111 Å². The third-order valence-corrected chi connectivity index (χ3v) is 11.8. The third kappa shape index (κ3) is 11.2. The van der Waals surface area contributed by atoms with E-state index < -0.39 is 0 Å². The second-order valence-electron chi connectivity index (χ2n) is 15.6. The van der Waals surface area contributed by atoms with E-state index in [1.807, 2.05) is 24.3 Å². The molecule has 7 rings (SSSR count). The molecule has 0 saturated carbocycles. The summed E-state index contributed by atoms with van der Waals surface area (Å²) < 4.78 is 14.5. The zero-order chi connectivity index (χ0) is 39.2. The van der Waals surface area contributed by atoms with Crippen molar-refractivity contribution >= 4 is 55.8 Å². The van der Waals surface area contributed by atoms with E-state index in [1.54, 1.807) is 0 Å². The van der Waals surface area contributed by atoms with Crippen LogP contribution in [0.4, 0.5) is 0 Å². The maximum atomic E-state index is 6.40. The Morgan fingerprint density at radius 1 is 0.439 bits per heavy atom.